The number of rotatable bonds is 5. The summed E-state index contributed by atoms with van der Waals surface area (Å²) in [4.78, 5) is 12.8. The number of thiophene rings is 1. The number of carbonyl (C=O) groups is 1. The maximum absolute atomic E-state index is 12.1. The minimum atomic E-state index is -0.201. The lowest BCUT2D eigenvalue weighted by Crippen LogP contribution is -2.16. The first-order valence-corrected chi connectivity index (χ1v) is 8.13. The SMILES string of the molecule is CCOc1ccc(C=NNC(=O)c2cc3ccccc3s2)cc1. The third-order valence-corrected chi connectivity index (χ3v) is 4.33. The van der Waals surface area contributed by atoms with Crippen LogP contribution in [0.25, 0.3) is 10.1 Å². The molecule has 0 aliphatic carbocycles. The summed E-state index contributed by atoms with van der Waals surface area (Å²) in [5.41, 5.74) is 3.45. The molecule has 1 heterocycles. The zero-order chi connectivity index (χ0) is 16.1. The number of carbonyl (C=O) groups excluding carboxylic acids is 1. The molecule has 23 heavy (non-hydrogen) atoms. The zero-order valence-corrected chi connectivity index (χ0v) is 13.5. The predicted octanol–water partition coefficient (Wildman–Crippen LogP) is 4.06. The van der Waals surface area contributed by atoms with Crippen LogP contribution in [-0.4, -0.2) is 18.7 Å². The molecule has 0 unspecified atom stereocenters. The number of ether oxygens (including phenoxy) is 1. The van der Waals surface area contributed by atoms with Crippen molar-refractivity contribution in [3.8, 4) is 5.75 Å². The van der Waals surface area contributed by atoms with Crippen LogP contribution < -0.4 is 10.2 Å². The fourth-order valence-electron chi connectivity index (χ4n) is 2.13. The van der Waals surface area contributed by atoms with Crippen LogP contribution in [0.4, 0.5) is 0 Å². The topological polar surface area (TPSA) is 50.7 Å². The summed E-state index contributed by atoms with van der Waals surface area (Å²) in [5.74, 6) is 0.618. The lowest BCUT2D eigenvalue weighted by atomic mass is 10.2. The lowest BCUT2D eigenvalue weighted by Gasteiger charge is -2.02. The number of nitrogens with zero attached hydrogens (tertiary/aromatic N) is 1. The van der Waals surface area contributed by atoms with Gasteiger partial charge in [0.15, 0.2) is 0 Å². The standard InChI is InChI=1S/C18H16N2O2S/c1-2-22-15-9-7-13(8-10-15)12-19-20-18(21)17-11-14-5-3-4-6-16(14)23-17/h3-12H,2H2,1H3,(H,20,21). The third-order valence-electron chi connectivity index (χ3n) is 3.22. The summed E-state index contributed by atoms with van der Waals surface area (Å²) in [6.07, 6.45) is 1.61. The predicted molar refractivity (Wildman–Crippen MR) is 94.5 cm³/mol. The Bertz CT molecular complexity index is 805. The van der Waals surface area contributed by atoms with E-state index in [0.29, 0.717) is 11.5 Å². The van der Waals surface area contributed by atoms with Gasteiger partial charge in [0.1, 0.15) is 5.75 Å². The minimum Gasteiger partial charge on any atom is -0.494 e. The first-order valence-electron chi connectivity index (χ1n) is 7.31. The van der Waals surface area contributed by atoms with Crippen molar-refractivity contribution in [3.05, 3.63) is 65.0 Å². The Morgan fingerprint density at radius 3 is 2.74 bits per heavy atom. The number of benzene rings is 2. The van der Waals surface area contributed by atoms with E-state index in [4.69, 9.17) is 4.74 Å². The smallest absolute Gasteiger partial charge is 0.281 e. The number of nitrogens with one attached hydrogen (secondary N) is 1. The molecule has 0 aliphatic rings. The molecule has 0 saturated heterocycles. The van der Waals surface area contributed by atoms with Crippen LogP contribution >= 0.6 is 11.3 Å². The zero-order valence-electron chi connectivity index (χ0n) is 12.7. The summed E-state index contributed by atoms with van der Waals surface area (Å²) < 4.78 is 6.47. The van der Waals surface area contributed by atoms with E-state index in [1.54, 1.807) is 6.21 Å². The second kappa shape index (κ2) is 7.07. The Kier molecular flexibility index (Phi) is 4.68. The van der Waals surface area contributed by atoms with Gasteiger partial charge in [-0.2, -0.15) is 5.10 Å². The van der Waals surface area contributed by atoms with Crippen molar-refractivity contribution < 1.29 is 9.53 Å². The van der Waals surface area contributed by atoms with Crippen LogP contribution in [0.1, 0.15) is 22.2 Å². The molecule has 4 nitrogen and oxygen atoms in total. The van der Waals surface area contributed by atoms with Gasteiger partial charge in [-0.05, 0) is 54.3 Å². The van der Waals surface area contributed by atoms with Crippen LogP contribution in [-0.2, 0) is 0 Å². The molecule has 2 aromatic carbocycles. The Balaban J connectivity index is 1.63. The van der Waals surface area contributed by atoms with Crippen molar-refractivity contribution in [2.75, 3.05) is 6.61 Å². The van der Waals surface area contributed by atoms with Crippen LogP contribution in [0.5, 0.6) is 5.75 Å². The molecule has 0 radical (unpaired) electrons. The Labute approximate surface area is 138 Å². The van der Waals surface area contributed by atoms with Gasteiger partial charge in [0.25, 0.3) is 5.91 Å². The molecule has 3 aromatic rings. The average molecular weight is 324 g/mol. The maximum Gasteiger partial charge on any atom is 0.281 e. The van der Waals surface area contributed by atoms with Gasteiger partial charge in [-0.3, -0.25) is 4.79 Å². The molecule has 0 aliphatic heterocycles. The summed E-state index contributed by atoms with van der Waals surface area (Å²) in [5, 5.41) is 5.07. The number of hydrogen-bond donors (Lipinski definition) is 1. The maximum atomic E-state index is 12.1. The van der Waals surface area contributed by atoms with Gasteiger partial charge < -0.3 is 4.74 Å². The van der Waals surface area contributed by atoms with E-state index in [2.05, 4.69) is 10.5 Å². The van der Waals surface area contributed by atoms with Gasteiger partial charge in [-0.15, -0.1) is 11.3 Å². The summed E-state index contributed by atoms with van der Waals surface area (Å²) >= 11 is 1.46. The van der Waals surface area contributed by atoms with Gasteiger partial charge >= 0.3 is 0 Å². The van der Waals surface area contributed by atoms with Crippen molar-refractivity contribution in [1.29, 1.82) is 0 Å². The summed E-state index contributed by atoms with van der Waals surface area (Å²) in [6.45, 7) is 2.58. The highest BCUT2D eigenvalue weighted by atomic mass is 32.1. The van der Waals surface area contributed by atoms with Crippen LogP contribution in [0.3, 0.4) is 0 Å². The molecule has 0 saturated carbocycles. The van der Waals surface area contributed by atoms with Gasteiger partial charge in [0, 0.05) is 4.70 Å². The number of fused-ring (bicyclic) bond motifs is 1. The third kappa shape index (κ3) is 3.76. The van der Waals surface area contributed by atoms with Crippen molar-refractivity contribution in [1.82, 2.24) is 5.43 Å². The van der Waals surface area contributed by atoms with Crippen molar-refractivity contribution in [2.24, 2.45) is 5.10 Å². The summed E-state index contributed by atoms with van der Waals surface area (Å²) in [7, 11) is 0. The van der Waals surface area contributed by atoms with Crippen molar-refractivity contribution in [2.45, 2.75) is 6.92 Å². The normalized spacial score (nSPS) is 11.0. The highest BCUT2D eigenvalue weighted by Gasteiger charge is 2.08. The fourth-order valence-corrected chi connectivity index (χ4v) is 3.08. The van der Waals surface area contributed by atoms with E-state index >= 15 is 0 Å². The summed E-state index contributed by atoms with van der Waals surface area (Å²) in [6, 6.07) is 17.3. The molecule has 5 heteroatoms. The van der Waals surface area contributed by atoms with Crippen LogP contribution in [0, 0.1) is 0 Å². The number of hydrazone groups is 1. The molecule has 116 valence electrons. The molecule has 3 rings (SSSR count). The van der Waals surface area contributed by atoms with E-state index in [1.807, 2.05) is 61.5 Å². The van der Waals surface area contributed by atoms with E-state index in [-0.39, 0.29) is 5.91 Å². The largest absolute Gasteiger partial charge is 0.494 e. The molecular formula is C18H16N2O2S. The van der Waals surface area contributed by atoms with Gasteiger partial charge in [0.05, 0.1) is 17.7 Å². The Morgan fingerprint density at radius 2 is 2.00 bits per heavy atom. The molecule has 1 aromatic heterocycles. The second-order valence-corrected chi connectivity index (χ2v) is 5.93. The monoisotopic (exact) mass is 324 g/mol. The van der Waals surface area contributed by atoms with Gasteiger partial charge in [0.2, 0.25) is 0 Å². The van der Waals surface area contributed by atoms with Gasteiger partial charge in [-0.25, -0.2) is 5.43 Å². The first kappa shape index (κ1) is 15.2. The lowest BCUT2D eigenvalue weighted by molar-refractivity contribution is 0.0959. The molecule has 0 spiro atoms. The van der Waals surface area contributed by atoms with E-state index < -0.39 is 0 Å². The Morgan fingerprint density at radius 1 is 1.22 bits per heavy atom. The van der Waals surface area contributed by atoms with Crippen molar-refractivity contribution in [3.63, 3.8) is 0 Å². The average Bonchev–Trinajstić information content (AvgIpc) is 3.01. The molecular weight excluding hydrogens is 308 g/mol. The van der Waals surface area contributed by atoms with E-state index in [9.17, 15) is 4.79 Å². The molecule has 0 atom stereocenters. The molecule has 1 N–H and O–H groups in total. The first-order chi connectivity index (χ1) is 11.3. The number of hydrogen-bond acceptors (Lipinski definition) is 4. The second-order valence-electron chi connectivity index (χ2n) is 4.85. The van der Waals surface area contributed by atoms with Gasteiger partial charge in [-0.1, -0.05) is 18.2 Å². The minimum absolute atomic E-state index is 0.201. The van der Waals surface area contributed by atoms with E-state index in [0.717, 1.165) is 21.4 Å². The van der Waals surface area contributed by atoms with Crippen molar-refractivity contribution >= 4 is 33.5 Å². The van der Waals surface area contributed by atoms with E-state index in [1.165, 1.54) is 11.3 Å². The Hall–Kier alpha value is -2.66. The van der Waals surface area contributed by atoms with Crippen LogP contribution in [0.15, 0.2) is 59.7 Å². The molecule has 0 bridgehead atoms. The fraction of sp³-hybridized carbons (Fsp3) is 0.111. The highest BCUT2D eigenvalue weighted by molar-refractivity contribution is 7.20. The molecule has 0 fully saturated rings. The highest BCUT2D eigenvalue weighted by Crippen LogP contribution is 2.24. The van der Waals surface area contributed by atoms with Crippen LogP contribution in [0.2, 0.25) is 0 Å². The quantitative estimate of drug-likeness (QED) is 0.568. The number of amides is 1. The molecule has 1 amide bonds.